The molecule has 0 aliphatic rings. The molecule has 0 aliphatic heterocycles. The molecule has 1 aromatic carbocycles. The van der Waals surface area contributed by atoms with E-state index in [2.05, 4.69) is 15.3 Å². The van der Waals surface area contributed by atoms with E-state index in [0.29, 0.717) is 5.88 Å². The van der Waals surface area contributed by atoms with Crippen LogP contribution in [0, 0.1) is 12.7 Å². The standard InChI is InChI=1S/C16H20FN3O/c1-4-18-14(15-9-16(21-3)20-10-19-15)8-12-5-6-13(17)7-11(12)2/h5-7,9-10,14,18H,4,8H2,1-3H3. The molecular weight excluding hydrogens is 269 g/mol. The molecule has 1 unspecified atom stereocenters. The van der Waals surface area contributed by atoms with Crippen LogP contribution in [0.4, 0.5) is 4.39 Å². The van der Waals surface area contributed by atoms with Crippen molar-refractivity contribution in [3.05, 3.63) is 53.2 Å². The fraction of sp³-hybridized carbons (Fsp3) is 0.375. The zero-order valence-corrected chi connectivity index (χ0v) is 12.6. The number of halogens is 1. The second kappa shape index (κ2) is 7.13. The topological polar surface area (TPSA) is 47.0 Å². The predicted octanol–water partition coefficient (Wildman–Crippen LogP) is 2.83. The van der Waals surface area contributed by atoms with E-state index in [9.17, 15) is 4.39 Å². The first-order valence-electron chi connectivity index (χ1n) is 6.98. The van der Waals surface area contributed by atoms with E-state index >= 15 is 0 Å². The van der Waals surface area contributed by atoms with E-state index in [4.69, 9.17) is 4.74 Å². The molecule has 5 heteroatoms. The molecule has 0 bridgehead atoms. The molecule has 2 aromatic rings. The monoisotopic (exact) mass is 289 g/mol. The highest BCUT2D eigenvalue weighted by Gasteiger charge is 2.15. The van der Waals surface area contributed by atoms with Gasteiger partial charge in [0.1, 0.15) is 12.1 Å². The first-order chi connectivity index (χ1) is 10.1. The minimum absolute atomic E-state index is 0.0380. The van der Waals surface area contributed by atoms with Gasteiger partial charge in [-0.15, -0.1) is 0 Å². The van der Waals surface area contributed by atoms with E-state index in [1.165, 1.54) is 12.4 Å². The molecule has 0 saturated heterocycles. The predicted molar refractivity (Wildman–Crippen MR) is 79.8 cm³/mol. The number of aryl methyl sites for hydroxylation is 1. The van der Waals surface area contributed by atoms with Crippen LogP contribution in [-0.2, 0) is 6.42 Å². The highest BCUT2D eigenvalue weighted by atomic mass is 19.1. The molecule has 0 aliphatic carbocycles. The summed E-state index contributed by atoms with van der Waals surface area (Å²) in [5, 5.41) is 3.40. The van der Waals surface area contributed by atoms with Gasteiger partial charge >= 0.3 is 0 Å². The average molecular weight is 289 g/mol. The summed E-state index contributed by atoms with van der Waals surface area (Å²) in [6.07, 6.45) is 2.23. The number of rotatable bonds is 6. The number of likely N-dealkylation sites (N-methyl/N-ethyl adjacent to an activating group) is 1. The molecule has 0 amide bonds. The fourth-order valence-corrected chi connectivity index (χ4v) is 2.29. The minimum atomic E-state index is -0.208. The molecule has 1 heterocycles. The lowest BCUT2D eigenvalue weighted by atomic mass is 9.99. The van der Waals surface area contributed by atoms with Crippen molar-refractivity contribution in [3.63, 3.8) is 0 Å². The molecule has 4 nitrogen and oxygen atoms in total. The third kappa shape index (κ3) is 3.98. The number of hydrogen-bond acceptors (Lipinski definition) is 4. The summed E-state index contributed by atoms with van der Waals surface area (Å²) < 4.78 is 18.3. The zero-order chi connectivity index (χ0) is 15.2. The second-order valence-corrected chi connectivity index (χ2v) is 4.87. The molecule has 0 spiro atoms. The lowest BCUT2D eigenvalue weighted by Crippen LogP contribution is -2.24. The average Bonchev–Trinajstić information content (AvgIpc) is 2.49. The number of aromatic nitrogens is 2. The Balaban J connectivity index is 2.25. The van der Waals surface area contributed by atoms with Crippen LogP contribution in [0.5, 0.6) is 5.88 Å². The number of nitrogens with one attached hydrogen (secondary N) is 1. The quantitative estimate of drug-likeness (QED) is 0.888. The summed E-state index contributed by atoms with van der Waals surface area (Å²) >= 11 is 0. The molecule has 0 radical (unpaired) electrons. The minimum Gasteiger partial charge on any atom is -0.481 e. The Kier molecular flexibility index (Phi) is 5.22. The van der Waals surface area contributed by atoms with E-state index in [1.807, 2.05) is 26.0 Å². The van der Waals surface area contributed by atoms with Crippen molar-refractivity contribution < 1.29 is 9.13 Å². The van der Waals surface area contributed by atoms with E-state index in [-0.39, 0.29) is 11.9 Å². The first kappa shape index (κ1) is 15.4. The van der Waals surface area contributed by atoms with Crippen molar-refractivity contribution in [2.24, 2.45) is 0 Å². The number of benzene rings is 1. The van der Waals surface area contributed by atoms with Gasteiger partial charge in [-0.3, -0.25) is 0 Å². The van der Waals surface area contributed by atoms with E-state index < -0.39 is 0 Å². The van der Waals surface area contributed by atoms with Gasteiger partial charge in [0.2, 0.25) is 5.88 Å². The Labute approximate surface area is 124 Å². The van der Waals surface area contributed by atoms with E-state index in [0.717, 1.165) is 29.8 Å². The van der Waals surface area contributed by atoms with Crippen LogP contribution in [0.15, 0.2) is 30.6 Å². The number of ether oxygens (including phenoxy) is 1. The summed E-state index contributed by atoms with van der Waals surface area (Å²) in [5.74, 6) is 0.332. The molecule has 1 N–H and O–H groups in total. The Bertz CT molecular complexity index is 604. The van der Waals surface area contributed by atoms with Gasteiger partial charge in [0.05, 0.1) is 18.8 Å². The number of nitrogens with zero attached hydrogens (tertiary/aromatic N) is 2. The van der Waals surface area contributed by atoms with Crippen LogP contribution >= 0.6 is 0 Å². The highest BCUT2D eigenvalue weighted by Crippen LogP contribution is 2.21. The summed E-state index contributed by atoms with van der Waals surface area (Å²) in [4.78, 5) is 8.35. The Hall–Kier alpha value is -2.01. The molecule has 2 rings (SSSR count). The Morgan fingerprint density at radius 1 is 1.29 bits per heavy atom. The SMILES string of the molecule is CCNC(Cc1ccc(F)cc1C)c1cc(OC)ncn1. The lowest BCUT2D eigenvalue weighted by Gasteiger charge is -2.19. The maximum Gasteiger partial charge on any atom is 0.216 e. The summed E-state index contributed by atoms with van der Waals surface area (Å²) in [6, 6.07) is 6.74. The second-order valence-electron chi connectivity index (χ2n) is 4.87. The third-order valence-corrected chi connectivity index (χ3v) is 3.41. The molecule has 0 saturated carbocycles. The van der Waals surface area contributed by atoms with Crippen molar-refractivity contribution in [1.82, 2.24) is 15.3 Å². The van der Waals surface area contributed by atoms with Crippen LogP contribution in [0.25, 0.3) is 0 Å². The summed E-state index contributed by atoms with van der Waals surface area (Å²) in [7, 11) is 1.58. The van der Waals surface area contributed by atoms with Gasteiger partial charge in [0.15, 0.2) is 0 Å². The summed E-state index contributed by atoms with van der Waals surface area (Å²) in [6.45, 7) is 4.78. The largest absolute Gasteiger partial charge is 0.481 e. The Morgan fingerprint density at radius 3 is 2.76 bits per heavy atom. The number of methoxy groups -OCH3 is 1. The van der Waals surface area contributed by atoms with E-state index in [1.54, 1.807) is 13.2 Å². The van der Waals surface area contributed by atoms with Gasteiger partial charge in [-0.05, 0) is 43.1 Å². The lowest BCUT2D eigenvalue weighted by molar-refractivity contribution is 0.393. The van der Waals surface area contributed by atoms with Crippen molar-refractivity contribution in [2.45, 2.75) is 26.3 Å². The fourth-order valence-electron chi connectivity index (χ4n) is 2.29. The van der Waals surface area contributed by atoms with Crippen LogP contribution in [-0.4, -0.2) is 23.6 Å². The van der Waals surface area contributed by atoms with Gasteiger partial charge in [-0.2, -0.15) is 0 Å². The van der Waals surface area contributed by atoms with Crippen molar-refractivity contribution in [1.29, 1.82) is 0 Å². The third-order valence-electron chi connectivity index (χ3n) is 3.41. The zero-order valence-electron chi connectivity index (χ0n) is 12.6. The van der Waals surface area contributed by atoms with Crippen LogP contribution in [0.1, 0.15) is 29.8 Å². The molecule has 1 atom stereocenters. The molecule has 1 aromatic heterocycles. The van der Waals surface area contributed by atoms with Crippen LogP contribution < -0.4 is 10.1 Å². The molecular formula is C16H20FN3O. The summed E-state index contributed by atoms with van der Waals surface area (Å²) in [5.41, 5.74) is 2.91. The van der Waals surface area contributed by atoms with Gasteiger partial charge in [-0.25, -0.2) is 14.4 Å². The van der Waals surface area contributed by atoms with Crippen molar-refractivity contribution in [2.75, 3.05) is 13.7 Å². The number of hydrogen-bond donors (Lipinski definition) is 1. The van der Waals surface area contributed by atoms with Gasteiger partial charge in [0, 0.05) is 6.07 Å². The maximum atomic E-state index is 13.2. The highest BCUT2D eigenvalue weighted by molar-refractivity contribution is 5.29. The van der Waals surface area contributed by atoms with Crippen LogP contribution in [0.2, 0.25) is 0 Å². The molecule has 0 fully saturated rings. The van der Waals surface area contributed by atoms with Gasteiger partial charge < -0.3 is 10.1 Å². The molecule has 21 heavy (non-hydrogen) atoms. The molecule has 112 valence electrons. The van der Waals surface area contributed by atoms with Crippen molar-refractivity contribution in [3.8, 4) is 5.88 Å². The normalized spacial score (nSPS) is 12.2. The smallest absolute Gasteiger partial charge is 0.216 e. The first-order valence-corrected chi connectivity index (χ1v) is 6.98. The Morgan fingerprint density at radius 2 is 2.10 bits per heavy atom. The van der Waals surface area contributed by atoms with Gasteiger partial charge in [0.25, 0.3) is 0 Å². The van der Waals surface area contributed by atoms with Gasteiger partial charge in [-0.1, -0.05) is 13.0 Å². The van der Waals surface area contributed by atoms with Crippen molar-refractivity contribution >= 4 is 0 Å². The van der Waals surface area contributed by atoms with Crippen LogP contribution in [0.3, 0.4) is 0 Å². The maximum absolute atomic E-state index is 13.2.